The van der Waals surface area contributed by atoms with Gasteiger partial charge in [0.2, 0.25) is 0 Å². The van der Waals surface area contributed by atoms with Crippen LogP contribution in [0.3, 0.4) is 0 Å². The van der Waals surface area contributed by atoms with Gasteiger partial charge in [-0.05, 0) is 40.4 Å². The number of hydrogen-bond acceptors (Lipinski definition) is 0. The quantitative estimate of drug-likeness (QED) is 0.627. The van der Waals surface area contributed by atoms with Gasteiger partial charge in [0.1, 0.15) is 0 Å². The molecule has 1 atom stereocenters. The van der Waals surface area contributed by atoms with E-state index in [-0.39, 0.29) is 11.1 Å². The van der Waals surface area contributed by atoms with Crippen LogP contribution in [0, 0.1) is 5.41 Å². The van der Waals surface area contributed by atoms with Crippen molar-refractivity contribution in [3.05, 3.63) is 34.8 Å². The van der Waals surface area contributed by atoms with Crippen LogP contribution in [-0.4, -0.2) is 0 Å². The highest BCUT2D eigenvalue weighted by molar-refractivity contribution is 5.38. The van der Waals surface area contributed by atoms with Gasteiger partial charge < -0.3 is 0 Å². The summed E-state index contributed by atoms with van der Waals surface area (Å²) < 4.78 is 71.9. The van der Waals surface area contributed by atoms with Crippen molar-refractivity contribution in [2.75, 3.05) is 0 Å². The lowest BCUT2D eigenvalue weighted by Gasteiger charge is -2.28. The standard InChI is InChI=1S/C16H23F3/c1-14(2,3)10-11-7-8-12(16(17,18)19)9-13(11)15(4,5)6/h7-9H,10H2,1-6H3/i7D,8D,9D,10D. The van der Waals surface area contributed by atoms with Crippen LogP contribution in [0.25, 0.3) is 0 Å². The first-order chi connectivity index (χ1) is 10.0. The Labute approximate surface area is 119 Å². The highest BCUT2D eigenvalue weighted by atomic mass is 19.4. The summed E-state index contributed by atoms with van der Waals surface area (Å²) in [5.41, 5.74) is -2.79. The van der Waals surface area contributed by atoms with Crippen molar-refractivity contribution >= 4 is 0 Å². The van der Waals surface area contributed by atoms with Crippen LogP contribution in [0.2, 0.25) is 0 Å². The van der Waals surface area contributed by atoms with Gasteiger partial charge in [0.15, 0.2) is 0 Å². The van der Waals surface area contributed by atoms with Gasteiger partial charge in [0.05, 0.1) is 9.68 Å². The molecule has 0 heterocycles. The summed E-state index contributed by atoms with van der Waals surface area (Å²) >= 11 is 0. The average Bonchev–Trinajstić information content (AvgIpc) is 2.27. The van der Waals surface area contributed by atoms with E-state index in [1.54, 1.807) is 41.5 Å². The first-order valence-electron chi connectivity index (χ1n) is 8.22. The van der Waals surface area contributed by atoms with E-state index in [0.29, 0.717) is 0 Å². The fourth-order valence-electron chi connectivity index (χ4n) is 1.69. The van der Waals surface area contributed by atoms with E-state index < -0.39 is 47.1 Å². The molecule has 0 aromatic heterocycles. The molecule has 1 aromatic carbocycles. The molecule has 1 rings (SSSR count). The van der Waals surface area contributed by atoms with Crippen molar-refractivity contribution in [3.63, 3.8) is 0 Å². The van der Waals surface area contributed by atoms with Gasteiger partial charge in [-0.15, -0.1) is 0 Å². The van der Waals surface area contributed by atoms with Crippen LogP contribution in [0.5, 0.6) is 0 Å². The number of halogens is 3. The molecule has 108 valence electrons. The van der Waals surface area contributed by atoms with E-state index >= 15 is 0 Å². The van der Waals surface area contributed by atoms with Crippen LogP contribution in [0.1, 0.15) is 63.7 Å². The molecule has 19 heavy (non-hydrogen) atoms. The first-order valence-corrected chi connectivity index (χ1v) is 6.14. The summed E-state index contributed by atoms with van der Waals surface area (Å²) in [7, 11) is 0. The third kappa shape index (κ3) is 4.55. The minimum atomic E-state index is -4.87. The zero-order chi connectivity index (χ0) is 18.5. The largest absolute Gasteiger partial charge is 0.416 e. The minimum Gasteiger partial charge on any atom is -0.166 e. The predicted octanol–water partition coefficient (Wildman–Crippen LogP) is 5.59. The normalized spacial score (nSPS) is 18.4. The topological polar surface area (TPSA) is 0 Å². The molecule has 0 nitrogen and oxygen atoms in total. The number of rotatable bonds is 1. The highest BCUT2D eigenvalue weighted by Gasteiger charge is 2.32. The van der Waals surface area contributed by atoms with Crippen LogP contribution >= 0.6 is 0 Å². The Kier molecular flexibility index (Phi) is 2.74. The minimum absolute atomic E-state index is 0.0285. The lowest BCUT2D eigenvalue weighted by molar-refractivity contribution is -0.137. The summed E-state index contributed by atoms with van der Waals surface area (Å²) in [5, 5.41) is 0. The molecule has 0 N–H and O–H groups in total. The van der Waals surface area contributed by atoms with Crippen molar-refractivity contribution in [1.82, 2.24) is 0 Å². The lowest BCUT2D eigenvalue weighted by atomic mass is 9.78. The average molecular weight is 276 g/mol. The molecule has 0 bridgehead atoms. The highest BCUT2D eigenvalue weighted by Crippen LogP contribution is 2.36. The zero-order valence-corrected chi connectivity index (χ0v) is 12.2. The number of hydrogen-bond donors (Lipinski definition) is 0. The SMILES string of the molecule is [2H]c1c([2H])c(C(F)(F)F)c([2H])c(C(C)(C)C)c1C([2H])C(C)(C)C. The number of benzene rings is 1. The van der Waals surface area contributed by atoms with Crippen molar-refractivity contribution in [2.24, 2.45) is 5.41 Å². The van der Waals surface area contributed by atoms with Crippen molar-refractivity contribution in [3.8, 4) is 0 Å². The van der Waals surface area contributed by atoms with Gasteiger partial charge in [-0.1, -0.05) is 47.6 Å². The van der Waals surface area contributed by atoms with Gasteiger partial charge in [-0.25, -0.2) is 0 Å². The molecule has 0 spiro atoms. The summed E-state index contributed by atoms with van der Waals surface area (Å²) in [6.07, 6.45) is -5.87. The Balaban J connectivity index is 4.00. The molecule has 1 unspecified atom stereocenters. The number of alkyl halides is 3. The van der Waals surface area contributed by atoms with Gasteiger partial charge in [0.25, 0.3) is 0 Å². The summed E-state index contributed by atoms with van der Waals surface area (Å²) in [6.45, 7) is 10.2. The fraction of sp³-hybridized carbons (Fsp3) is 0.625. The molecule has 0 saturated carbocycles. The van der Waals surface area contributed by atoms with E-state index in [4.69, 9.17) is 5.48 Å². The first kappa shape index (κ1) is 10.8. The molecular weight excluding hydrogens is 249 g/mol. The fourth-order valence-corrected chi connectivity index (χ4v) is 1.69. The second-order valence-electron chi connectivity index (χ2n) is 6.80. The van der Waals surface area contributed by atoms with Crippen LogP contribution in [-0.2, 0) is 18.0 Å². The van der Waals surface area contributed by atoms with Crippen molar-refractivity contribution < 1.29 is 18.7 Å². The molecule has 0 fully saturated rings. The Morgan fingerprint density at radius 3 is 1.95 bits per heavy atom. The third-order valence-corrected chi connectivity index (χ3v) is 2.45. The van der Waals surface area contributed by atoms with Gasteiger partial charge in [-0.3, -0.25) is 0 Å². The maximum Gasteiger partial charge on any atom is 0.416 e. The van der Waals surface area contributed by atoms with E-state index in [1.165, 1.54) is 0 Å². The van der Waals surface area contributed by atoms with Crippen LogP contribution in [0.4, 0.5) is 13.2 Å². The van der Waals surface area contributed by atoms with Crippen molar-refractivity contribution in [2.45, 2.75) is 59.5 Å². The Bertz CT molecular complexity index is 608. The molecule has 0 amide bonds. The monoisotopic (exact) mass is 276 g/mol. The Morgan fingerprint density at radius 1 is 1.05 bits per heavy atom. The zero-order valence-electron chi connectivity index (χ0n) is 16.2. The van der Waals surface area contributed by atoms with Gasteiger partial charge in [-0.2, -0.15) is 13.2 Å². The van der Waals surface area contributed by atoms with Crippen molar-refractivity contribution in [1.29, 1.82) is 0 Å². The molecule has 0 radical (unpaired) electrons. The lowest BCUT2D eigenvalue weighted by Crippen LogP contribution is -2.20. The third-order valence-electron chi connectivity index (χ3n) is 2.45. The molecular formula is C16H23F3. The molecule has 0 saturated heterocycles. The molecule has 0 aliphatic heterocycles. The van der Waals surface area contributed by atoms with Gasteiger partial charge >= 0.3 is 6.18 Å². The predicted molar refractivity (Wildman–Crippen MR) is 73.3 cm³/mol. The van der Waals surface area contributed by atoms with E-state index in [0.717, 1.165) is 0 Å². The maximum atomic E-state index is 13.3. The molecule has 3 heteroatoms. The molecule has 0 aliphatic carbocycles. The van der Waals surface area contributed by atoms with Crippen LogP contribution in [0.15, 0.2) is 18.1 Å². The second-order valence-corrected chi connectivity index (χ2v) is 6.80. The van der Waals surface area contributed by atoms with Gasteiger partial charge in [0, 0.05) is 1.37 Å². The summed E-state index contributed by atoms with van der Waals surface area (Å²) in [5.74, 6) is 0. The Morgan fingerprint density at radius 2 is 1.58 bits per heavy atom. The summed E-state index contributed by atoms with van der Waals surface area (Å²) in [4.78, 5) is 0. The second kappa shape index (κ2) is 4.84. The smallest absolute Gasteiger partial charge is 0.166 e. The van der Waals surface area contributed by atoms with E-state index in [2.05, 4.69) is 0 Å². The van der Waals surface area contributed by atoms with E-state index in [1.807, 2.05) is 0 Å². The van der Waals surface area contributed by atoms with E-state index in [9.17, 15) is 13.2 Å². The van der Waals surface area contributed by atoms with Crippen LogP contribution < -0.4 is 0 Å². The molecule has 1 aromatic rings. The summed E-state index contributed by atoms with van der Waals surface area (Å²) in [6, 6.07) is -2.41. The molecule has 0 aliphatic rings. The Hall–Kier alpha value is -0.990. The maximum absolute atomic E-state index is 13.3.